The number of carbonyl (C=O) groups excluding carboxylic acids is 3. The highest BCUT2D eigenvalue weighted by molar-refractivity contribution is 6.04. The minimum atomic E-state index is -0.429. The number of benzene rings is 2. The minimum Gasteiger partial charge on any atom is -0.326 e. The first-order valence-electron chi connectivity index (χ1n) is 11.0. The second-order valence-electron chi connectivity index (χ2n) is 8.63. The summed E-state index contributed by atoms with van der Waals surface area (Å²) in [5.74, 6) is -0.922. The fraction of sp³-hybridized carbons (Fsp3) is 0.269. The van der Waals surface area contributed by atoms with Crippen molar-refractivity contribution in [2.24, 2.45) is 5.92 Å². The van der Waals surface area contributed by atoms with Crippen LogP contribution in [-0.2, 0) is 9.59 Å². The van der Waals surface area contributed by atoms with Crippen LogP contribution in [0.3, 0.4) is 0 Å². The largest absolute Gasteiger partial charge is 0.326 e. The summed E-state index contributed by atoms with van der Waals surface area (Å²) >= 11 is 0. The van der Waals surface area contributed by atoms with Crippen molar-refractivity contribution in [3.05, 3.63) is 82.7 Å². The first-order valence-corrected chi connectivity index (χ1v) is 11.0. The van der Waals surface area contributed by atoms with Crippen molar-refractivity contribution in [3.63, 3.8) is 0 Å². The Kier molecular flexibility index (Phi) is 6.05. The molecular formula is C26H28N4O3. The van der Waals surface area contributed by atoms with Crippen molar-refractivity contribution in [2.75, 3.05) is 22.2 Å². The molecule has 0 aliphatic carbocycles. The van der Waals surface area contributed by atoms with E-state index in [0.717, 1.165) is 28.2 Å². The lowest BCUT2D eigenvalue weighted by Gasteiger charge is -2.18. The van der Waals surface area contributed by atoms with Crippen LogP contribution in [0.5, 0.6) is 0 Å². The molecular weight excluding hydrogens is 416 g/mol. The van der Waals surface area contributed by atoms with Crippen LogP contribution in [-0.4, -0.2) is 28.9 Å². The molecule has 0 saturated carbocycles. The number of hydrogen-bond acceptors (Lipinski definition) is 3. The van der Waals surface area contributed by atoms with Crippen LogP contribution in [0.4, 0.5) is 11.4 Å². The average molecular weight is 445 g/mol. The van der Waals surface area contributed by atoms with Crippen molar-refractivity contribution < 1.29 is 14.4 Å². The lowest BCUT2D eigenvalue weighted by Crippen LogP contribution is -2.28. The second-order valence-corrected chi connectivity index (χ2v) is 8.63. The fourth-order valence-electron chi connectivity index (χ4n) is 3.99. The highest BCUT2D eigenvalue weighted by Crippen LogP contribution is 2.27. The Morgan fingerprint density at radius 1 is 0.879 bits per heavy atom. The van der Waals surface area contributed by atoms with Gasteiger partial charge in [-0.2, -0.15) is 0 Å². The molecule has 2 aromatic carbocycles. The molecule has 2 heterocycles. The number of anilines is 2. The van der Waals surface area contributed by atoms with Crippen LogP contribution in [0.15, 0.2) is 54.6 Å². The number of nitrogens with zero attached hydrogens (tertiary/aromatic N) is 2. The standard InChI is InChI=1S/C26H28N4O3/c1-16-5-12-23(13-17(16)2)29-15-21(14-24(29)31)25(32)27-22-10-8-20(9-11-22)26(33)28-30-18(3)6-7-19(30)4/h5-13,21H,14-15H2,1-4H3,(H,27,32)(H,28,33)/t21-/m0/s1. The smallest absolute Gasteiger partial charge is 0.270 e. The zero-order valence-corrected chi connectivity index (χ0v) is 19.3. The molecule has 1 aliphatic rings. The zero-order chi connectivity index (χ0) is 23.7. The molecule has 1 fully saturated rings. The van der Waals surface area contributed by atoms with E-state index in [1.807, 2.05) is 58.0 Å². The van der Waals surface area contributed by atoms with Crippen LogP contribution < -0.4 is 15.6 Å². The van der Waals surface area contributed by atoms with Gasteiger partial charge in [0.15, 0.2) is 0 Å². The molecule has 2 N–H and O–H groups in total. The van der Waals surface area contributed by atoms with Crippen LogP contribution >= 0.6 is 0 Å². The zero-order valence-electron chi connectivity index (χ0n) is 19.3. The van der Waals surface area contributed by atoms with Gasteiger partial charge in [-0.1, -0.05) is 6.07 Å². The van der Waals surface area contributed by atoms with E-state index in [1.165, 1.54) is 0 Å². The Balaban J connectivity index is 1.38. The maximum atomic E-state index is 12.8. The van der Waals surface area contributed by atoms with Gasteiger partial charge in [0.2, 0.25) is 11.8 Å². The molecule has 0 unspecified atom stereocenters. The van der Waals surface area contributed by atoms with Crippen molar-refractivity contribution in [3.8, 4) is 0 Å². The highest BCUT2D eigenvalue weighted by atomic mass is 16.2. The first-order chi connectivity index (χ1) is 15.7. The van der Waals surface area contributed by atoms with E-state index >= 15 is 0 Å². The van der Waals surface area contributed by atoms with Gasteiger partial charge in [0.1, 0.15) is 0 Å². The molecule has 1 aromatic heterocycles. The van der Waals surface area contributed by atoms with E-state index in [2.05, 4.69) is 10.7 Å². The molecule has 4 rings (SSSR count). The number of carbonyl (C=O) groups is 3. The lowest BCUT2D eigenvalue weighted by atomic mass is 10.1. The Hall–Kier alpha value is -3.87. The van der Waals surface area contributed by atoms with E-state index in [4.69, 9.17) is 0 Å². The van der Waals surface area contributed by atoms with Gasteiger partial charge < -0.3 is 10.2 Å². The minimum absolute atomic E-state index is 0.0546. The quantitative estimate of drug-likeness (QED) is 0.622. The number of rotatable bonds is 5. The van der Waals surface area contributed by atoms with Crippen molar-refractivity contribution in [1.29, 1.82) is 0 Å². The topological polar surface area (TPSA) is 83.4 Å². The molecule has 33 heavy (non-hydrogen) atoms. The summed E-state index contributed by atoms with van der Waals surface area (Å²) in [6.45, 7) is 8.22. The molecule has 3 aromatic rings. The van der Waals surface area contributed by atoms with E-state index < -0.39 is 5.92 Å². The van der Waals surface area contributed by atoms with Gasteiger partial charge in [0, 0.05) is 41.3 Å². The van der Waals surface area contributed by atoms with Gasteiger partial charge in [0.05, 0.1) is 5.92 Å². The third kappa shape index (κ3) is 4.67. The predicted octanol–water partition coefficient (Wildman–Crippen LogP) is 4.10. The SMILES string of the molecule is Cc1ccc(N2C[C@@H](C(=O)Nc3ccc(C(=O)Nn4c(C)ccc4C)cc3)CC2=O)cc1C. The number of nitrogens with one attached hydrogen (secondary N) is 2. The number of aryl methyl sites for hydroxylation is 4. The van der Waals surface area contributed by atoms with E-state index in [1.54, 1.807) is 33.8 Å². The van der Waals surface area contributed by atoms with E-state index in [-0.39, 0.29) is 24.1 Å². The molecule has 1 saturated heterocycles. The number of aromatic nitrogens is 1. The van der Waals surface area contributed by atoms with Gasteiger partial charge in [-0.05, 0) is 87.4 Å². The number of hydrogen-bond donors (Lipinski definition) is 2. The Labute approximate surface area is 193 Å². The summed E-state index contributed by atoms with van der Waals surface area (Å²) in [4.78, 5) is 39.6. The van der Waals surface area contributed by atoms with Gasteiger partial charge in [0.25, 0.3) is 5.91 Å². The summed E-state index contributed by atoms with van der Waals surface area (Å²) in [6.07, 6.45) is 0.175. The third-order valence-corrected chi connectivity index (χ3v) is 6.20. The van der Waals surface area contributed by atoms with Crippen LogP contribution in [0.25, 0.3) is 0 Å². The van der Waals surface area contributed by atoms with Crippen LogP contribution in [0.2, 0.25) is 0 Å². The van der Waals surface area contributed by atoms with E-state index in [9.17, 15) is 14.4 Å². The van der Waals surface area contributed by atoms with Crippen molar-refractivity contribution in [2.45, 2.75) is 34.1 Å². The predicted molar refractivity (Wildman–Crippen MR) is 129 cm³/mol. The molecule has 1 atom stereocenters. The van der Waals surface area contributed by atoms with Crippen LogP contribution in [0, 0.1) is 33.6 Å². The Morgan fingerprint density at radius 3 is 2.18 bits per heavy atom. The van der Waals surface area contributed by atoms with Crippen LogP contribution in [0.1, 0.15) is 39.3 Å². The summed E-state index contributed by atoms with van der Waals surface area (Å²) < 4.78 is 1.73. The molecule has 1 aliphatic heterocycles. The van der Waals surface area contributed by atoms with Crippen molar-refractivity contribution in [1.82, 2.24) is 4.68 Å². The summed E-state index contributed by atoms with van der Waals surface area (Å²) in [6, 6.07) is 16.5. The summed E-state index contributed by atoms with van der Waals surface area (Å²) in [7, 11) is 0. The molecule has 0 radical (unpaired) electrons. The first kappa shape index (κ1) is 22.3. The van der Waals surface area contributed by atoms with Gasteiger partial charge >= 0.3 is 0 Å². The molecule has 7 nitrogen and oxygen atoms in total. The highest BCUT2D eigenvalue weighted by Gasteiger charge is 2.35. The second kappa shape index (κ2) is 8.94. The average Bonchev–Trinajstić information content (AvgIpc) is 3.33. The lowest BCUT2D eigenvalue weighted by molar-refractivity contribution is -0.122. The maximum absolute atomic E-state index is 12.8. The number of amides is 3. The molecule has 0 spiro atoms. The van der Waals surface area contributed by atoms with E-state index in [0.29, 0.717) is 17.8 Å². The summed E-state index contributed by atoms with van der Waals surface area (Å²) in [5.41, 5.74) is 8.89. The molecule has 0 bridgehead atoms. The van der Waals surface area contributed by atoms with Gasteiger partial charge in [-0.15, -0.1) is 0 Å². The Morgan fingerprint density at radius 2 is 1.55 bits per heavy atom. The van der Waals surface area contributed by atoms with Gasteiger partial charge in [-0.3, -0.25) is 24.5 Å². The van der Waals surface area contributed by atoms with Crippen molar-refractivity contribution >= 4 is 29.1 Å². The normalized spacial score (nSPS) is 15.6. The Bertz CT molecular complexity index is 1210. The fourth-order valence-corrected chi connectivity index (χ4v) is 3.99. The molecule has 170 valence electrons. The maximum Gasteiger partial charge on any atom is 0.270 e. The molecule has 3 amide bonds. The molecule has 7 heteroatoms. The monoisotopic (exact) mass is 444 g/mol. The third-order valence-electron chi connectivity index (χ3n) is 6.20. The van der Waals surface area contributed by atoms with Gasteiger partial charge in [-0.25, -0.2) is 0 Å². The summed E-state index contributed by atoms with van der Waals surface area (Å²) in [5, 5.41) is 2.87.